The predicted molar refractivity (Wildman–Crippen MR) is 120 cm³/mol. The van der Waals surface area contributed by atoms with Crippen molar-refractivity contribution in [3.8, 4) is 0 Å². The Labute approximate surface area is 194 Å². The Morgan fingerprint density at radius 1 is 1.31 bits per heavy atom. The molecule has 2 aliphatic heterocycles. The van der Waals surface area contributed by atoms with Crippen molar-refractivity contribution in [1.82, 2.24) is 20.8 Å². The highest BCUT2D eigenvalue weighted by Crippen LogP contribution is 2.32. The van der Waals surface area contributed by atoms with E-state index in [1.54, 1.807) is 18.2 Å². The van der Waals surface area contributed by atoms with Crippen molar-refractivity contribution in [2.45, 2.75) is 19.4 Å². The van der Waals surface area contributed by atoms with Crippen molar-refractivity contribution < 1.29 is 14.1 Å². The first-order valence-corrected chi connectivity index (χ1v) is 11.1. The zero-order valence-electron chi connectivity index (χ0n) is 17.4. The molecule has 0 spiro atoms. The molecule has 1 unspecified atom stereocenters. The second-order valence-corrected chi connectivity index (χ2v) is 8.69. The lowest BCUT2D eigenvalue weighted by Gasteiger charge is -2.26. The summed E-state index contributed by atoms with van der Waals surface area (Å²) in [6.45, 7) is 4.25. The first-order chi connectivity index (χ1) is 15.4. The number of aromatic nitrogens is 2. The molecule has 0 saturated carbocycles. The SMILES string of the molecule is CC1C=C(C(=O)NC[C@@H]2CNCCO[C@H]2c2ccc(Cl)c(Cl)c2)N=C(c2noc(=O)[nH]2)C1. The van der Waals surface area contributed by atoms with Crippen molar-refractivity contribution >= 4 is 34.8 Å². The van der Waals surface area contributed by atoms with Crippen LogP contribution in [-0.2, 0) is 9.53 Å². The highest BCUT2D eigenvalue weighted by molar-refractivity contribution is 6.42. The molecule has 2 aliphatic rings. The van der Waals surface area contributed by atoms with Crippen LogP contribution in [0.25, 0.3) is 0 Å². The van der Waals surface area contributed by atoms with E-state index in [1.165, 1.54) is 0 Å². The van der Waals surface area contributed by atoms with Gasteiger partial charge in [-0.3, -0.25) is 14.3 Å². The van der Waals surface area contributed by atoms with E-state index in [2.05, 4.69) is 30.3 Å². The zero-order chi connectivity index (χ0) is 22.7. The number of carbonyl (C=O) groups excluding carboxylic acids is 1. The van der Waals surface area contributed by atoms with E-state index in [4.69, 9.17) is 27.9 Å². The molecule has 4 rings (SSSR count). The predicted octanol–water partition coefficient (Wildman–Crippen LogP) is 2.48. The molecule has 0 aliphatic carbocycles. The molecule has 3 N–H and O–H groups in total. The van der Waals surface area contributed by atoms with Crippen LogP contribution in [0.5, 0.6) is 0 Å². The van der Waals surface area contributed by atoms with Crippen LogP contribution in [0.4, 0.5) is 0 Å². The molecule has 0 bridgehead atoms. The van der Waals surface area contributed by atoms with Gasteiger partial charge >= 0.3 is 5.76 Å². The molecule has 1 aromatic heterocycles. The first-order valence-electron chi connectivity index (χ1n) is 10.3. The number of nitrogens with one attached hydrogen (secondary N) is 3. The molecule has 32 heavy (non-hydrogen) atoms. The van der Waals surface area contributed by atoms with Crippen LogP contribution in [0.15, 0.2) is 44.3 Å². The summed E-state index contributed by atoms with van der Waals surface area (Å²) in [5, 5.41) is 10.9. The van der Waals surface area contributed by atoms with E-state index >= 15 is 0 Å². The number of aromatic amines is 1. The molecule has 1 aromatic carbocycles. The number of benzene rings is 1. The van der Waals surface area contributed by atoms with Crippen LogP contribution < -0.4 is 16.4 Å². The van der Waals surface area contributed by atoms with Gasteiger partial charge in [-0.1, -0.05) is 41.3 Å². The molecule has 1 amide bonds. The van der Waals surface area contributed by atoms with Crippen LogP contribution in [0.1, 0.15) is 30.8 Å². The molecule has 0 radical (unpaired) electrons. The zero-order valence-corrected chi connectivity index (χ0v) is 18.9. The number of allylic oxidation sites excluding steroid dienone is 1. The molecule has 9 nitrogen and oxygen atoms in total. The summed E-state index contributed by atoms with van der Waals surface area (Å²) in [7, 11) is 0. The van der Waals surface area contributed by atoms with Gasteiger partial charge in [-0.25, -0.2) is 9.79 Å². The summed E-state index contributed by atoms with van der Waals surface area (Å²) in [6.07, 6.45) is 2.09. The van der Waals surface area contributed by atoms with Crippen molar-refractivity contribution in [1.29, 1.82) is 0 Å². The van der Waals surface area contributed by atoms with Crippen LogP contribution >= 0.6 is 23.2 Å². The van der Waals surface area contributed by atoms with Crippen molar-refractivity contribution in [3.05, 3.63) is 62.0 Å². The second-order valence-electron chi connectivity index (χ2n) is 7.87. The third kappa shape index (κ3) is 5.29. The Morgan fingerprint density at radius 3 is 2.91 bits per heavy atom. The minimum absolute atomic E-state index is 0.0318. The van der Waals surface area contributed by atoms with Crippen LogP contribution in [-0.4, -0.2) is 48.0 Å². The van der Waals surface area contributed by atoms with Gasteiger partial charge in [-0.2, -0.15) is 0 Å². The maximum absolute atomic E-state index is 12.9. The van der Waals surface area contributed by atoms with Gasteiger partial charge in [0.05, 0.1) is 28.5 Å². The third-order valence-electron chi connectivity index (χ3n) is 5.37. The van der Waals surface area contributed by atoms with E-state index in [1.807, 2.05) is 13.0 Å². The molecule has 170 valence electrons. The van der Waals surface area contributed by atoms with Gasteiger partial charge in [-0.15, -0.1) is 0 Å². The lowest BCUT2D eigenvalue weighted by Crippen LogP contribution is -2.37. The van der Waals surface area contributed by atoms with Gasteiger partial charge in [0, 0.05) is 25.6 Å². The maximum Gasteiger partial charge on any atom is 0.439 e. The summed E-state index contributed by atoms with van der Waals surface area (Å²) in [5.41, 5.74) is 1.68. The molecular weight excluding hydrogens is 457 g/mol. The normalized spacial score (nSPS) is 23.8. The number of halogens is 2. The van der Waals surface area contributed by atoms with Gasteiger partial charge in [-0.05, 0) is 36.1 Å². The standard InChI is InChI=1S/C21H23Cl2N5O4/c1-11-6-16(19-27-21(30)32-28-19)26-17(7-11)20(29)25-10-13-9-24-4-5-31-18(13)12-2-3-14(22)15(23)8-12/h2-3,7-8,11,13,18,24H,4-6,9-10H2,1H3,(H,25,29)(H,27,28,30)/t11?,13-,18-/m0/s1. The monoisotopic (exact) mass is 479 g/mol. The topological polar surface area (TPSA) is 122 Å². The fourth-order valence-electron chi connectivity index (χ4n) is 3.83. The Hall–Kier alpha value is -2.46. The van der Waals surface area contributed by atoms with Crippen LogP contribution in [0, 0.1) is 11.8 Å². The van der Waals surface area contributed by atoms with E-state index < -0.39 is 5.76 Å². The summed E-state index contributed by atoms with van der Waals surface area (Å²) < 4.78 is 10.6. The van der Waals surface area contributed by atoms with Gasteiger partial charge in [0.25, 0.3) is 5.91 Å². The average molecular weight is 480 g/mol. The van der Waals surface area contributed by atoms with Crippen LogP contribution in [0.2, 0.25) is 10.0 Å². The van der Waals surface area contributed by atoms with E-state index in [-0.39, 0.29) is 35.4 Å². The minimum atomic E-state index is -0.662. The average Bonchev–Trinajstić information content (AvgIpc) is 3.07. The molecule has 3 heterocycles. The molecule has 1 fully saturated rings. The number of hydrogen-bond acceptors (Lipinski definition) is 7. The maximum atomic E-state index is 12.9. The van der Waals surface area contributed by atoms with E-state index in [0.717, 1.165) is 5.56 Å². The number of rotatable bonds is 5. The summed E-state index contributed by atoms with van der Waals surface area (Å²) in [6, 6.07) is 5.43. The third-order valence-corrected chi connectivity index (χ3v) is 6.11. The summed E-state index contributed by atoms with van der Waals surface area (Å²) in [5.74, 6) is -0.714. The number of nitrogens with zero attached hydrogens (tertiary/aromatic N) is 2. The molecule has 3 atom stereocenters. The molecule has 1 saturated heterocycles. The number of ether oxygens (including phenoxy) is 1. The summed E-state index contributed by atoms with van der Waals surface area (Å²) >= 11 is 12.3. The lowest BCUT2D eigenvalue weighted by molar-refractivity contribution is -0.118. The largest absolute Gasteiger partial charge is 0.439 e. The number of carbonyl (C=O) groups is 1. The fraction of sp³-hybridized carbons (Fsp3) is 0.429. The first kappa shape index (κ1) is 22.7. The molecule has 11 heteroatoms. The molecular formula is C21H23Cl2N5O4. The van der Waals surface area contributed by atoms with Crippen molar-refractivity contribution in [2.24, 2.45) is 16.8 Å². The van der Waals surface area contributed by atoms with Gasteiger partial charge in [0.15, 0.2) is 5.82 Å². The Kier molecular flexibility index (Phi) is 7.10. The van der Waals surface area contributed by atoms with E-state index in [0.29, 0.717) is 48.4 Å². The number of hydrogen-bond donors (Lipinski definition) is 3. The lowest BCUT2D eigenvalue weighted by atomic mass is 9.95. The highest BCUT2D eigenvalue weighted by Gasteiger charge is 2.28. The Morgan fingerprint density at radius 2 is 2.16 bits per heavy atom. The van der Waals surface area contributed by atoms with Gasteiger partial charge in [0.1, 0.15) is 5.70 Å². The quantitative estimate of drug-likeness (QED) is 0.605. The summed E-state index contributed by atoms with van der Waals surface area (Å²) in [4.78, 5) is 31.0. The van der Waals surface area contributed by atoms with Crippen molar-refractivity contribution in [2.75, 3.05) is 26.2 Å². The van der Waals surface area contributed by atoms with Crippen LogP contribution in [0.3, 0.4) is 0 Å². The minimum Gasteiger partial charge on any atom is -0.372 e. The van der Waals surface area contributed by atoms with Gasteiger partial charge < -0.3 is 15.4 Å². The fourth-order valence-corrected chi connectivity index (χ4v) is 4.14. The highest BCUT2D eigenvalue weighted by atomic mass is 35.5. The number of H-pyrrole nitrogens is 1. The molecule has 2 aromatic rings. The van der Waals surface area contributed by atoms with Crippen molar-refractivity contribution in [3.63, 3.8) is 0 Å². The number of amides is 1. The second kappa shape index (κ2) is 9.99. The Bertz CT molecular complexity index is 1110. The van der Waals surface area contributed by atoms with E-state index in [9.17, 15) is 9.59 Å². The van der Waals surface area contributed by atoms with Gasteiger partial charge in [0.2, 0.25) is 0 Å². The number of aliphatic imine (C=N–C) groups is 1. The Balaban J connectivity index is 1.47. The smallest absolute Gasteiger partial charge is 0.372 e.